The smallest absolute Gasteiger partial charge is 0.416 e. The standard InChI is InChI=1S/C24H23F3IN3O3S/c25-24(26,27)17-5-7-19(16(14-17)4-1-2-10-28)20-9-13-34-22-15-18(6-8-21(20)22)35(32,33)31-23-29-11-3-12-30-23/h3,5-8,11-12,14-15,20H,1-2,4,9-10,13H2,(H,29,30,31)/t20-/m1/s1. The lowest BCUT2D eigenvalue weighted by Gasteiger charge is -2.29. The summed E-state index contributed by atoms with van der Waals surface area (Å²) in [5, 5.41) is 0. The zero-order valence-electron chi connectivity index (χ0n) is 18.6. The number of fused-ring (bicyclic) bond motifs is 1. The topological polar surface area (TPSA) is 81.2 Å². The highest BCUT2D eigenvalue weighted by Gasteiger charge is 2.33. The molecule has 1 aromatic heterocycles. The van der Waals surface area contributed by atoms with Gasteiger partial charge in [-0.25, -0.2) is 23.1 Å². The number of alkyl halides is 4. The van der Waals surface area contributed by atoms with Crippen molar-refractivity contribution in [1.82, 2.24) is 9.97 Å². The summed E-state index contributed by atoms with van der Waals surface area (Å²) in [7, 11) is -3.95. The normalized spacial score (nSPS) is 15.8. The molecule has 0 fully saturated rings. The van der Waals surface area contributed by atoms with Gasteiger partial charge in [0.2, 0.25) is 5.95 Å². The van der Waals surface area contributed by atoms with E-state index in [4.69, 9.17) is 4.74 Å². The van der Waals surface area contributed by atoms with Gasteiger partial charge >= 0.3 is 6.18 Å². The van der Waals surface area contributed by atoms with Crippen LogP contribution in [0.2, 0.25) is 0 Å². The number of benzene rings is 2. The van der Waals surface area contributed by atoms with E-state index in [1.54, 1.807) is 18.2 Å². The van der Waals surface area contributed by atoms with Crippen LogP contribution >= 0.6 is 22.6 Å². The van der Waals surface area contributed by atoms with Crippen LogP contribution in [0.25, 0.3) is 0 Å². The first-order valence-electron chi connectivity index (χ1n) is 11.0. The van der Waals surface area contributed by atoms with Gasteiger partial charge in [0.05, 0.1) is 17.1 Å². The van der Waals surface area contributed by atoms with Gasteiger partial charge in [0, 0.05) is 29.9 Å². The Hall–Kier alpha value is -2.41. The first-order chi connectivity index (χ1) is 16.7. The summed E-state index contributed by atoms with van der Waals surface area (Å²) in [5.41, 5.74) is 1.58. The molecular weight excluding hydrogens is 594 g/mol. The van der Waals surface area contributed by atoms with Gasteiger partial charge in [0.25, 0.3) is 10.0 Å². The van der Waals surface area contributed by atoms with Gasteiger partial charge in [0.15, 0.2) is 0 Å². The van der Waals surface area contributed by atoms with Gasteiger partial charge in [-0.1, -0.05) is 34.7 Å². The molecule has 2 aromatic carbocycles. The molecule has 3 aromatic rings. The second-order valence-corrected chi connectivity index (χ2v) is 10.9. The molecule has 1 aliphatic rings. The summed E-state index contributed by atoms with van der Waals surface area (Å²) in [6.07, 6.45) is 1.27. The molecule has 0 saturated carbocycles. The summed E-state index contributed by atoms with van der Waals surface area (Å²) in [5.74, 6) is 0.152. The van der Waals surface area contributed by atoms with Crippen molar-refractivity contribution in [3.8, 4) is 5.75 Å². The number of rotatable bonds is 8. The molecule has 0 bridgehead atoms. The summed E-state index contributed by atoms with van der Waals surface area (Å²) in [6.45, 7) is 0.324. The molecule has 0 amide bonds. The summed E-state index contributed by atoms with van der Waals surface area (Å²) in [6, 6.07) is 10.1. The lowest BCUT2D eigenvalue weighted by Crippen LogP contribution is -2.19. The third kappa shape index (κ3) is 6.05. The molecule has 4 rings (SSSR count). The van der Waals surface area contributed by atoms with Gasteiger partial charge in [0.1, 0.15) is 5.75 Å². The minimum atomic E-state index is -4.41. The first-order valence-corrected chi connectivity index (χ1v) is 14.0. The predicted octanol–water partition coefficient (Wildman–Crippen LogP) is 5.97. The SMILES string of the molecule is O=S(=O)(Nc1ncccn1)c1ccc2c(c1)OCC[C@@H]2c1ccc(C(F)(F)F)cc1CCCCI. The molecule has 35 heavy (non-hydrogen) atoms. The van der Waals surface area contributed by atoms with Crippen molar-refractivity contribution in [2.45, 2.75) is 42.7 Å². The highest BCUT2D eigenvalue weighted by molar-refractivity contribution is 14.1. The van der Waals surface area contributed by atoms with Crippen LogP contribution in [0.15, 0.2) is 59.8 Å². The molecule has 0 saturated heterocycles. The van der Waals surface area contributed by atoms with E-state index in [2.05, 4.69) is 37.3 Å². The third-order valence-corrected chi connectivity index (χ3v) is 7.89. The molecule has 0 radical (unpaired) electrons. The Morgan fingerprint density at radius 2 is 1.80 bits per heavy atom. The fraction of sp³-hybridized carbons (Fsp3) is 0.333. The Balaban J connectivity index is 1.68. The lowest BCUT2D eigenvalue weighted by atomic mass is 9.82. The number of hydrogen-bond acceptors (Lipinski definition) is 5. The van der Waals surface area contributed by atoms with E-state index in [0.717, 1.165) is 34.5 Å². The van der Waals surface area contributed by atoms with Gasteiger partial charge in [-0.2, -0.15) is 13.2 Å². The van der Waals surface area contributed by atoms with Crippen LogP contribution < -0.4 is 9.46 Å². The van der Waals surface area contributed by atoms with E-state index in [1.165, 1.54) is 30.6 Å². The average Bonchev–Trinajstić information content (AvgIpc) is 2.83. The summed E-state index contributed by atoms with van der Waals surface area (Å²) in [4.78, 5) is 7.75. The van der Waals surface area contributed by atoms with Crippen molar-refractivity contribution in [2.75, 3.05) is 15.8 Å². The number of anilines is 1. The summed E-state index contributed by atoms with van der Waals surface area (Å²) < 4.78 is 74.8. The maximum Gasteiger partial charge on any atom is 0.416 e. The molecule has 0 spiro atoms. The zero-order chi connectivity index (χ0) is 25.1. The van der Waals surface area contributed by atoms with E-state index >= 15 is 0 Å². The zero-order valence-corrected chi connectivity index (χ0v) is 21.5. The van der Waals surface area contributed by atoms with E-state index in [9.17, 15) is 21.6 Å². The van der Waals surface area contributed by atoms with Crippen LogP contribution in [0.1, 0.15) is 47.4 Å². The van der Waals surface area contributed by atoms with E-state index in [-0.39, 0.29) is 16.8 Å². The highest BCUT2D eigenvalue weighted by Crippen LogP contribution is 2.42. The van der Waals surface area contributed by atoms with Crippen LogP contribution in [-0.2, 0) is 22.6 Å². The van der Waals surface area contributed by atoms with Crippen molar-refractivity contribution in [3.63, 3.8) is 0 Å². The third-order valence-electron chi connectivity index (χ3n) is 5.80. The van der Waals surface area contributed by atoms with Crippen molar-refractivity contribution in [2.24, 2.45) is 0 Å². The van der Waals surface area contributed by atoms with Crippen LogP contribution in [0, 0.1) is 0 Å². The Labute approximate surface area is 215 Å². The number of sulfonamides is 1. The van der Waals surface area contributed by atoms with Gasteiger partial charge in [-0.05, 0) is 65.5 Å². The summed E-state index contributed by atoms with van der Waals surface area (Å²) >= 11 is 2.26. The largest absolute Gasteiger partial charge is 0.493 e. The highest BCUT2D eigenvalue weighted by atomic mass is 127. The molecule has 0 aliphatic carbocycles. The Morgan fingerprint density at radius 1 is 1.06 bits per heavy atom. The van der Waals surface area contributed by atoms with Gasteiger partial charge in [-0.3, -0.25) is 0 Å². The number of aryl methyl sites for hydroxylation is 1. The van der Waals surface area contributed by atoms with E-state index < -0.39 is 21.8 Å². The molecule has 11 heteroatoms. The van der Waals surface area contributed by atoms with E-state index in [1.807, 2.05) is 0 Å². The second kappa shape index (κ2) is 10.7. The number of unbranched alkanes of at least 4 members (excludes halogenated alkanes) is 1. The van der Waals surface area contributed by atoms with Crippen molar-refractivity contribution < 1.29 is 26.3 Å². The molecular formula is C24H23F3IN3O3S. The molecule has 186 valence electrons. The minimum absolute atomic E-state index is 0.0148. The van der Waals surface area contributed by atoms with Crippen molar-refractivity contribution >= 4 is 38.6 Å². The minimum Gasteiger partial charge on any atom is -0.493 e. The number of hydrogen-bond donors (Lipinski definition) is 1. The van der Waals surface area contributed by atoms with Crippen molar-refractivity contribution in [1.29, 1.82) is 0 Å². The Morgan fingerprint density at radius 3 is 2.51 bits per heavy atom. The number of aromatic nitrogens is 2. The van der Waals surface area contributed by atoms with Crippen molar-refractivity contribution in [3.05, 3.63) is 77.1 Å². The number of halogens is 4. The molecule has 1 N–H and O–H groups in total. The van der Waals surface area contributed by atoms with E-state index in [0.29, 0.717) is 30.8 Å². The maximum absolute atomic E-state index is 13.4. The second-order valence-electron chi connectivity index (χ2n) is 8.12. The molecule has 1 atom stereocenters. The average molecular weight is 617 g/mol. The number of nitrogens with one attached hydrogen (secondary N) is 1. The molecule has 1 aliphatic heterocycles. The monoisotopic (exact) mass is 617 g/mol. The lowest BCUT2D eigenvalue weighted by molar-refractivity contribution is -0.137. The fourth-order valence-electron chi connectivity index (χ4n) is 4.14. The van der Waals surface area contributed by atoms with Gasteiger partial charge in [-0.15, -0.1) is 0 Å². The number of ether oxygens (including phenoxy) is 1. The van der Waals surface area contributed by atoms with Crippen LogP contribution in [0.5, 0.6) is 5.75 Å². The van der Waals surface area contributed by atoms with Crippen LogP contribution in [0.3, 0.4) is 0 Å². The van der Waals surface area contributed by atoms with Gasteiger partial charge < -0.3 is 4.74 Å². The quantitative estimate of drug-likeness (QED) is 0.192. The van der Waals surface area contributed by atoms with Crippen LogP contribution in [-0.4, -0.2) is 29.4 Å². The molecule has 6 nitrogen and oxygen atoms in total. The predicted molar refractivity (Wildman–Crippen MR) is 135 cm³/mol. The first kappa shape index (κ1) is 25.7. The number of nitrogens with zero attached hydrogens (tertiary/aromatic N) is 2. The molecule has 2 heterocycles. The fourth-order valence-corrected chi connectivity index (χ4v) is 5.65. The maximum atomic E-state index is 13.4. The van der Waals surface area contributed by atoms with Crippen LogP contribution in [0.4, 0.5) is 19.1 Å². The molecule has 0 unspecified atom stereocenters. The Bertz CT molecular complexity index is 1290. The Kier molecular flexibility index (Phi) is 7.84.